The molecule has 0 radical (unpaired) electrons. The molecule has 0 atom stereocenters. The van der Waals surface area contributed by atoms with Gasteiger partial charge in [0.1, 0.15) is 11.3 Å². The maximum Gasteiger partial charge on any atom is 0.336 e. The number of ether oxygens (including phenoxy) is 1. The fraction of sp³-hybridized carbons (Fsp3) is 0.381. The molecule has 0 aliphatic rings. The van der Waals surface area contributed by atoms with Crippen molar-refractivity contribution in [3.63, 3.8) is 0 Å². The predicted molar refractivity (Wildman–Crippen MR) is 107 cm³/mol. The van der Waals surface area contributed by atoms with Gasteiger partial charge in [-0.2, -0.15) is 0 Å². The lowest BCUT2D eigenvalue weighted by molar-refractivity contribution is 0.255. The Morgan fingerprint density at radius 2 is 2.04 bits per heavy atom. The number of fused-ring (bicyclic) bond motifs is 1. The summed E-state index contributed by atoms with van der Waals surface area (Å²) in [5.41, 5.74) is 1.30. The van der Waals surface area contributed by atoms with Crippen LogP contribution in [0.3, 0.4) is 0 Å². The third-order valence-corrected chi connectivity index (χ3v) is 5.15. The molecule has 0 bridgehead atoms. The fourth-order valence-electron chi connectivity index (χ4n) is 3.05. The summed E-state index contributed by atoms with van der Waals surface area (Å²) >= 11 is 1.77. The predicted octanol–water partition coefficient (Wildman–Crippen LogP) is 5.06. The van der Waals surface area contributed by atoms with Crippen LogP contribution in [0.4, 0.5) is 0 Å². The van der Waals surface area contributed by atoms with E-state index in [1.54, 1.807) is 17.4 Å². The number of hydrogen-bond acceptors (Lipinski definition) is 5. The van der Waals surface area contributed by atoms with Gasteiger partial charge in [0.05, 0.1) is 6.61 Å². The third kappa shape index (κ3) is 4.74. The molecule has 0 fully saturated rings. The van der Waals surface area contributed by atoms with Crippen LogP contribution in [0.1, 0.15) is 37.1 Å². The second-order valence-corrected chi connectivity index (χ2v) is 7.36. The average molecular weight is 372 g/mol. The molecule has 4 nitrogen and oxygen atoms in total. The summed E-state index contributed by atoms with van der Waals surface area (Å²) in [6.45, 7) is 7.38. The average Bonchev–Trinajstić information content (AvgIpc) is 3.13. The van der Waals surface area contributed by atoms with Crippen molar-refractivity contribution in [2.75, 3.05) is 13.2 Å². The minimum Gasteiger partial charge on any atom is -0.494 e. The first kappa shape index (κ1) is 18.7. The van der Waals surface area contributed by atoms with Gasteiger partial charge in [-0.05, 0) is 55.1 Å². The molecule has 0 aliphatic carbocycles. The van der Waals surface area contributed by atoms with E-state index >= 15 is 0 Å². The minimum atomic E-state index is -0.303. The summed E-state index contributed by atoms with van der Waals surface area (Å²) in [5, 5.41) is 3.05. The molecule has 0 amide bonds. The first-order chi connectivity index (χ1) is 12.7. The molecule has 2 aromatic heterocycles. The van der Waals surface area contributed by atoms with Crippen LogP contribution in [0.15, 0.2) is 51.0 Å². The van der Waals surface area contributed by atoms with Gasteiger partial charge in [0.25, 0.3) is 0 Å². The van der Waals surface area contributed by atoms with Crippen molar-refractivity contribution >= 4 is 22.3 Å². The summed E-state index contributed by atoms with van der Waals surface area (Å²) in [6.07, 6.45) is 2.28. The van der Waals surface area contributed by atoms with Gasteiger partial charge in [0.2, 0.25) is 0 Å². The topological polar surface area (TPSA) is 42.7 Å². The zero-order valence-electron chi connectivity index (χ0n) is 15.4. The first-order valence-electron chi connectivity index (χ1n) is 9.14. The van der Waals surface area contributed by atoms with E-state index < -0.39 is 0 Å². The van der Waals surface area contributed by atoms with Crippen molar-refractivity contribution in [1.82, 2.24) is 4.90 Å². The van der Waals surface area contributed by atoms with Gasteiger partial charge in [-0.15, -0.1) is 11.3 Å². The molecule has 2 heterocycles. The van der Waals surface area contributed by atoms with E-state index in [-0.39, 0.29) is 5.63 Å². The molecule has 0 aliphatic heterocycles. The molecule has 0 spiro atoms. The number of nitrogens with zero attached hydrogens (tertiary/aromatic N) is 1. The van der Waals surface area contributed by atoms with E-state index in [0.29, 0.717) is 12.2 Å². The van der Waals surface area contributed by atoms with E-state index in [0.717, 1.165) is 49.2 Å². The highest BCUT2D eigenvalue weighted by Gasteiger charge is 2.13. The smallest absolute Gasteiger partial charge is 0.336 e. The number of thiophene rings is 1. The van der Waals surface area contributed by atoms with Crippen LogP contribution in [0.2, 0.25) is 0 Å². The first-order valence-corrected chi connectivity index (χ1v) is 10.0. The maximum absolute atomic E-state index is 12.0. The molecule has 0 saturated carbocycles. The van der Waals surface area contributed by atoms with Gasteiger partial charge >= 0.3 is 5.63 Å². The SMILES string of the molecule is CCCCN(Cc1cccs1)Cc1cc(=O)oc2ccc(OCC)cc12. The zero-order valence-corrected chi connectivity index (χ0v) is 16.2. The zero-order chi connectivity index (χ0) is 18.4. The Balaban J connectivity index is 1.92. The summed E-state index contributed by atoms with van der Waals surface area (Å²) in [7, 11) is 0. The lowest BCUT2D eigenvalue weighted by atomic mass is 10.1. The monoisotopic (exact) mass is 371 g/mol. The molecule has 26 heavy (non-hydrogen) atoms. The van der Waals surface area contributed by atoms with Crippen LogP contribution in [-0.2, 0) is 13.1 Å². The number of benzene rings is 1. The fourth-order valence-corrected chi connectivity index (χ4v) is 3.80. The van der Waals surface area contributed by atoms with Gasteiger partial charge in [-0.3, -0.25) is 4.90 Å². The highest BCUT2D eigenvalue weighted by atomic mass is 32.1. The number of unbranched alkanes of at least 4 members (excludes halogenated alkanes) is 1. The van der Waals surface area contributed by atoms with E-state index in [1.165, 1.54) is 4.88 Å². The van der Waals surface area contributed by atoms with Crippen molar-refractivity contribution in [2.24, 2.45) is 0 Å². The highest BCUT2D eigenvalue weighted by Crippen LogP contribution is 2.25. The molecule has 0 saturated heterocycles. The van der Waals surface area contributed by atoms with Gasteiger partial charge < -0.3 is 9.15 Å². The number of rotatable bonds is 9. The third-order valence-electron chi connectivity index (χ3n) is 4.29. The Morgan fingerprint density at radius 1 is 1.15 bits per heavy atom. The van der Waals surface area contributed by atoms with Crippen LogP contribution in [0, 0.1) is 0 Å². The van der Waals surface area contributed by atoms with Crippen LogP contribution in [-0.4, -0.2) is 18.1 Å². The van der Waals surface area contributed by atoms with Gasteiger partial charge in [-0.25, -0.2) is 4.79 Å². The summed E-state index contributed by atoms with van der Waals surface area (Å²) in [6, 6.07) is 11.5. The molecule has 3 rings (SSSR count). The molecule has 3 aromatic rings. The lowest BCUT2D eigenvalue weighted by Gasteiger charge is -2.22. The lowest BCUT2D eigenvalue weighted by Crippen LogP contribution is -2.24. The normalized spacial score (nSPS) is 11.3. The van der Waals surface area contributed by atoms with Crippen LogP contribution in [0.25, 0.3) is 11.0 Å². The molecule has 1 aromatic carbocycles. The molecule has 0 unspecified atom stereocenters. The van der Waals surface area contributed by atoms with Crippen molar-refractivity contribution in [1.29, 1.82) is 0 Å². The van der Waals surface area contributed by atoms with Crippen molar-refractivity contribution < 1.29 is 9.15 Å². The Kier molecular flexibility index (Phi) is 6.47. The summed E-state index contributed by atoms with van der Waals surface area (Å²) < 4.78 is 11.0. The molecule has 138 valence electrons. The quantitative estimate of drug-likeness (QED) is 0.493. The van der Waals surface area contributed by atoms with Crippen LogP contribution < -0.4 is 10.4 Å². The molecular formula is C21H25NO3S. The Morgan fingerprint density at radius 3 is 2.77 bits per heavy atom. The Labute approximate surface area is 158 Å². The van der Waals surface area contributed by atoms with E-state index in [2.05, 4.69) is 29.3 Å². The Hall–Kier alpha value is -2.11. The number of hydrogen-bond donors (Lipinski definition) is 0. The minimum absolute atomic E-state index is 0.303. The largest absolute Gasteiger partial charge is 0.494 e. The van der Waals surface area contributed by atoms with Gasteiger partial charge in [0.15, 0.2) is 0 Å². The maximum atomic E-state index is 12.0. The van der Waals surface area contributed by atoms with Crippen LogP contribution >= 0.6 is 11.3 Å². The molecular weight excluding hydrogens is 346 g/mol. The van der Waals surface area contributed by atoms with E-state index in [4.69, 9.17) is 9.15 Å². The summed E-state index contributed by atoms with van der Waals surface area (Å²) in [4.78, 5) is 15.7. The van der Waals surface area contributed by atoms with Gasteiger partial charge in [-0.1, -0.05) is 19.4 Å². The standard InChI is InChI=1S/C21H25NO3S/c1-3-5-10-22(15-18-7-6-11-26-18)14-16-12-21(23)25-20-9-8-17(24-4-2)13-19(16)20/h6-9,11-13H,3-5,10,14-15H2,1-2H3. The van der Waals surface area contributed by atoms with Gasteiger partial charge in [0, 0.05) is 29.4 Å². The summed E-state index contributed by atoms with van der Waals surface area (Å²) in [5.74, 6) is 0.800. The van der Waals surface area contributed by atoms with Crippen LogP contribution in [0.5, 0.6) is 5.75 Å². The molecule has 0 N–H and O–H groups in total. The second kappa shape index (κ2) is 9.01. The van der Waals surface area contributed by atoms with Crippen molar-refractivity contribution in [3.05, 3.63) is 62.6 Å². The van der Waals surface area contributed by atoms with E-state index in [1.807, 2.05) is 25.1 Å². The second-order valence-electron chi connectivity index (χ2n) is 6.33. The highest BCUT2D eigenvalue weighted by molar-refractivity contribution is 7.09. The van der Waals surface area contributed by atoms with Crippen molar-refractivity contribution in [2.45, 2.75) is 39.8 Å². The molecule has 5 heteroatoms. The van der Waals surface area contributed by atoms with Crippen molar-refractivity contribution in [3.8, 4) is 5.75 Å². The Bertz CT molecular complexity index is 886. The van der Waals surface area contributed by atoms with E-state index in [9.17, 15) is 4.79 Å².